The predicted octanol–water partition coefficient (Wildman–Crippen LogP) is 3.89. The maximum atomic E-state index is 11.4. The third kappa shape index (κ3) is 6.66. The topological polar surface area (TPSA) is 71.1 Å². The number of benzene rings is 2. The molecule has 0 atom stereocenters. The summed E-state index contributed by atoms with van der Waals surface area (Å²) in [5.41, 5.74) is 1.00. The Kier molecular flexibility index (Phi) is 8.16. The van der Waals surface area contributed by atoms with Gasteiger partial charge in [-0.05, 0) is 67.8 Å². The molecule has 0 aliphatic rings. The number of hydrogen-bond acceptors (Lipinski definition) is 6. The number of ether oxygens (including phenoxy) is 4. The highest BCUT2D eigenvalue weighted by atomic mass is 16.5. The van der Waals surface area contributed by atoms with E-state index in [0.29, 0.717) is 24.3 Å². The van der Waals surface area contributed by atoms with Gasteiger partial charge in [0.25, 0.3) is 0 Å². The van der Waals surface area contributed by atoms with Crippen molar-refractivity contribution < 1.29 is 28.5 Å². The second-order valence-electron chi connectivity index (χ2n) is 5.79. The number of esters is 2. The van der Waals surface area contributed by atoms with Crippen LogP contribution in [0.25, 0.3) is 0 Å². The van der Waals surface area contributed by atoms with E-state index in [4.69, 9.17) is 9.47 Å². The molecule has 0 fully saturated rings. The van der Waals surface area contributed by atoms with Crippen LogP contribution in [-0.4, -0.2) is 39.4 Å². The lowest BCUT2D eigenvalue weighted by Crippen LogP contribution is -2.03. The fraction of sp³-hybridized carbons (Fsp3) is 0.333. The molecule has 0 amide bonds. The molecule has 0 aromatic heterocycles. The van der Waals surface area contributed by atoms with Gasteiger partial charge in [0.1, 0.15) is 11.5 Å². The molecule has 0 spiro atoms. The molecule has 0 aliphatic heterocycles. The third-order valence-corrected chi connectivity index (χ3v) is 3.88. The number of unbranched alkanes of at least 4 members (excludes halogenated alkanes) is 2. The van der Waals surface area contributed by atoms with Crippen LogP contribution in [0.1, 0.15) is 40.0 Å². The van der Waals surface area contributed by atoms with Crippen molar-refractivity contribution in [1.29, 1.82) is 0 Å². The smallest absolute Gasteiger partial charge is 0.337 e. The van der Waals surface area contributed by atoms with Crippen molar-refractivity contribution >= 4 is 11.9 Å². The van der Waals surface area contributed by atoms with Crippen LogP contribution in [0, 0.1) is 0 Å². The molecule has 0 heterocycles. The first kappa shape index (κ1) is 20.3. The van der Waals surface area contributed by atoms with Crippen molar-refractivity contribution in [3.63, 3.8) is 0 Å². The van der Waals surface area contributed by atoms with Gasteiger partial charge in [0.15, 0.2) is 0 Å². The third-order valence-electron chi connectivity index (χ3n) is 3.88. The predicted molar refractivity (Wildman–Crippen MR) is 100 cm³/mol. The standard InChI is InChI=1S/C21H24O6/c1-24-20(22)16-6-10-18(11-7-16)26-14-4-3-5-15-27-19-12-8-17(9-13-19)21(23)25-2/h6-13H,3-5,14-15H2,1-2H3. The summed E-state index contributed by atoms with van der Waals surface area (Å²) >= 11 is 0. The van der Waals surface area contributed by atoms with Gasteiger partial charge in [0.05, 0.1) is 38.6 Å². The van der Waals surface area contributed by atoms with E-state index in [0.717, 1.165) is 30.8 Å². The highest BCUT2D eigenvalue weighted by Gasteiger charge is 2.05. The van der Waals surface area contributed by atoms with Crippen LogP contribution in [0.15, 0.2) is 48.5 Å². The Morgan fingerprint density at radius 2 is 1.00 bits per heavy atom. The zero-order valence-electron chi connectivity index (χ0n) is 15.6. The Labute approximate surface area is 159 Å². The van der Waals surface area contributed by atoms with Gasteiger partial charge in [-0.2, -0.15) is 0 Å². The van der Waals surface area contributed by atoms with E-state index in [1.54, 1.807) is 48.5 Å². The fourth-order valence-corrected chi connectivity index (χ4v) is 2.37. The van der Waals surface area contributed by atoms with Crippen LogP contribution in [0.4, 0.5) is 0 Å². The van der Waals surface area contributed by atoms with Crippen LogP contribution in [-0.2, 0) is 9.47 Å². The molecule has 27 heavy (non-hydrogen) atoms. The molecule has 0 N–H and O–H groups in total. The van der Waals surface area contributed by atoms with Crippen molar-refractivity contribution in [2.24, 2.45) is 0 Å². The average Bonchev–Trinajstić information content (AvgIpc) is 2.72. The van der Waals surface area contributed by atoms with Gasteiger partial charge >= 0.3 is 11.9 Å². The normalized spacial score (nSPS) is 10.1. The number of methoxy groups -OCH3 is 2. The molecule has 6 nitrogen and oxygen atoms in total. The Balaban J connectivity index is 1.58. The molecule has 0 aliphatic carbocycles. The van der Waals surface area contributed by atoms with E-state index in [1.807, 2.05) is 0 Å². The molecule has 6 heteroatoms. The summed E-state index contributed by atoms with van der Waals surface area (Å²) in [4.78, 5) is 22.7. The van der Waals surface area contributed by atoms with Crippen LogP contribution < -0.4 is 9.47 Å². The zero-order chi connectivity index (χ0) is 19.5. The van der Waals surface area contributed by atoms with Crippen LogP contribution in [0.5, 0.6) is 11.5 Å². The lowest BCUT2D eigenvalue weighted by atomic mass is 10.2. The number of carbonyl (C=O) groups excluding carboxylic acids is 2. The minimum Gasteiger partial charge on any atom is -0.494 e. The summed E-state index contributed by atoms with van der Waals surface area (Å²) in [5, 5.41) is 0. The molecule has 2 aromatic carbocycles. The van der Waals surface area contributed by atoms with E-state index in [9.17, 15) is 9.59 Å². The summed E-state index contributed by atoms with van der Waals surface area (Å²) in [5.74, 6) is 0.733. The first-order valence-electron chi connectivity index (χ1n) is 8.76. The van der Waals surface area contributed by atoms with Crippen molar-refractivity contribution in [3.05, 3.63) is 59.7 Å². The van der Waals surface area contributed by atoms with E-state index >= 15 is 0 Å². The van der Waals surface area contributed by atoms with Crippen LogP contribution in [0.2, 0.25) is 0 Å². The maximum absolute atomic E-state index is 11.4. The largest absolute Gasteiger partial charge is 0.494 e. The molecular formula is C21H24O6. The highest BCUT2D eigenvalue weighted by molar-refractivity contribution is 5.89. The van der Waals surface area contributed by atoms with Crippen molar-refractivity contribution in [2.75, 3.05) is 27.4 Å². The summed E-state index contributed by atoms with van der Waals surface area (Å²) in [6.45, 7) is 1.21. The van der Waals surface area contributed by atoms with Crippen molar-refractivity contribution in [2.45, 2.75) is 19.3 Å². The quantitative estimate of drug-likeness (QED) is 0.465. The van der Waals surface area contributed by atoms with E-state index in [-0.39, 0.29) is 11.9 Å². The Morgan fingerprint density at radius 1 is 0.630 bits per heavy atom. The Hall–Kier alpha value is -3.02. The van der Waals surface area contributed by atoms with Gasteiger partial charge in [0.2, 0.25) is 0 Å². The highest BCUT2D eigenvalue weighted by Crippen LogP contribution is 2.15. The minimum atomic E-state index is -0.360. The molecule has 0 unspecified atom stereocenters. The lowest BCUT2D eigenvalue weighted by molar-refractivity contribution is 0.0591. The maximum Gasteiger partial charge on any atom is 0.337 e. The lowest BCUT2D eigenvalue weighted by Gasteiger charge is -2.08. The Morgan fingerprint density at radius 3 is 1.33 bits per heavy atom. The molecule has 0 radical (unpaired) electrons. The molecule has 0 saturated carbocycles. The molecule has 0 bridgehead atoms. The average molecular weight is 372 g/mol. The second-order valence-corrected chi connectivity index (χ2v) is 5.79. The molecule has 0 saturated heterocycles. The second kappa shape index (κ2) is 10.9. The number of hydrogen-bond donors (Lipinski definition) is 0. The van der Waals surface area contributed by atoms with Gasteiger partial charge in [-0.15, -0.1) is 0 Å². The summed E-state index contributed by atoms with van der Waals surface area (Å²) in [6, 6.07) is 13.8. The summed E-state index contributed by atoms with van der Waals surface area (Å²) < 4.78 is 20.6. The molecular weight excluding hydrogens is 348 g/mol. The summed E-state index contributed by atoms with van der Waals surface area (Å²) in [6.07, 6.45) is 2.78. The minimum absolute atomic E-state index is 0.360. The first-order chi connectivity index (χ1) is 13.1. The SMILES string of the molecule is COC(=O)c1ccc(OCCCCCOc2ccc(C(=O)OC)cc2)cc1. The first-order valence-corrected chi connectivity index (χ1v) is 8.76. The molecule has 2 aromatic rings. The van der Waals surface area contributed by atoms with Gasteiger partial charge in [-0.25, -0.2) is 9.59 Å². The Bertz CT molecular complexity index is 658. The fourth-order valence-electron chi connectivity index (χ4n) is 2.37. The van der Waals surface area contributed by atoms with Gasteiger partial charge in [-0.1, -0.05) is 0 Å². The van der Waals surface area contributed by atoms with Crippen molar-refractivity contribution in [3.8, 4) is 11.5 Å². The molecule has 144 valence electrons. The van der Waals surface area contributed by atoms with E-state index in [1.165, 1.54) is 14.2 Å². The monoisotopic (exact) mass is 372 g/mol. The molecule has 2 rings (SSSR count). The van der Waals surface area contributed by atoms with Crippen LogP contribution in [0.3, 0.4) is 0 Å². The van der Waals surface area contributed by atoms with Gasteiger partial charge in [0, 0.05) is 0 Å². The van der Waals surface area contributed by atoms with Crippen molar-refractivity contribution in [1.82, 2.24) is 0 Å². The summed E-state index contributed by atoms with van der Waals surface area (Å²) in [7, 11) is 2.71. The number of rotatable bonds is 10. The van der Waals surface area contributed by atoms with E-state index < -0.39 is 0 Å². The number of carbonyl (C=O) groups is 2. The van der Waals surface area contributed by atoms with Crippen LogP contribution >= 0.6 is 0 Å². The van der Waals surface area contributed by atoms with Gasteiger partial charge < -0.3 is 18.9 Å². The zero-order valence-corrected chi connectivity index (χ0v) is 15.6. The van der Waals surface area contributed by atoms with E-state index in [2.05, 4.69) is 9.47 Å². The van der Waals surface area contributed by atoms with Gasteiger partial charge in [-0.3, -0.25) is 0 Å².